The zero-order chi connectivity index (χ0) is 10.7. The van der Waals surface area contributed by atoms with Crippen molar-refractivity contribution in [2.45, 2.75) is 32.2 Å². The number of urea groups is 1. The van der Waals surface area contributed by atoms with Crippen LogP contribution >= 0.6 is 0 Å². The Morgan fingerprint density at radius 1 is 1.47 bits per heavy atom. The van der Waals surface area contributed by atoms with E-state index in [2.05, 4.69) is 17.1 Å². The summed E-state index contributed by atoms with van der Waals surface area (Å²) < 4.78 is 0. The van der Waals surface area contributed by atoms with Gasteiger partial charge in [0.25, 0.3) is 0 Å². The fourth-order valence-corrected chi connectivity index (χ4v) is 2.52. The summed E-state index contributed by atoms with van der Waals surface area (Å²) in [6.45, 7) is 6.96. The lowest BCUT2D eigenvalue weighted by Gasteiger charge is -2.31. The SMILES string of the molecule is CCCN1CCN(C2CCCNC2)C1=O. The summed E-state index contributed by atoms with van der Waals surface area (Å²) >= 11 is 0. The number of nitrogens with zero attached hydrogens (tertiary/aromatic N) is 2. The van der Waals surface area contributed by atoms with Gasteiger partial charge in [-0.05, 0) is 25.8 Å². The second-order valence-corrected chi connectivity index (χ2v) is 4.46. The summed E-state index contributed by atoms with van der Waals surface area (Å²) in [6.07, 6.45) is 3.42. The number of rotatable bonds is 3. The van der Waals surface area contributed by atoms with E-state index < -0.39 is 0 Å². The Morgan fingerprint density at radius 2 is 2.33 bits per heavy atom. The van der Waals surface area contributed by atoms with Gasteiger partial charge in [0.05, 0.1) is 0 Å². The summed E-state index contributed by atoms with van der Waals surface area (Å²) in [7, 11) is 0. The van der Waals surface area contributed by atoms with Gasteiger partial charge in [0, 0.05) is 32.2 Å². The molecule has 86 valence electrons. The lowest BCUT2D eigenvalue weighted by atomic mass is 10.1. The van der Waals surface area contributed by atoms with Crippen LogP contribution in [0, 0.1) is 0 Å². The fraction of sp³-hybridized carbons (Fsp3) is 0.909. The van der Waals surface area contributed by atoms with Gasteiger partial charge in [-0.1, -0.05) is 6.92 Å². The first kappa shape index (κ1) is 10.7. The normalized spacial score (nSPS) is 27.5. The first-order valence-corrected chi connectivity index (χ1v) is 6.09. The van der Waals surface area contributed by atoms with Gasteiger partial charge >= 0.3 is 6.03 Å². The zero-order valence-corrected chi connectivity index (χ0v) is 9.54. The molecule has 0 aliphatic carbocycles. The van der Waals surface area contributed by atoms with E-state index in [4.69, 9.17) is 0 Å². The molecule has 2 fully saturated rings. The highest BCUT2D eigenvalue weighted by molar-refractivity contribution is 5.76. The van der Waals surface area contributed by atoms with E-state index in [1.807, 2.05) is 4.90 Å². The van der Waals surface area contributed by atoms with Gasteiger partial charge in [0.1, 0.15) is 0 Å². The van der Waals surface area contributed by atoms with Crippen LogP contribution in [-0.4, -0.2) is 54.6 Å². The summed E-state index contributed by atoms with van der Waals surface area (Å²) in [5.41, 5.74) is 0. The lowest BCUT2D eigenvalue weighted by molar-refractivity contribution is 0.167. The minimum absolute atomic E-state index is 0.255. The fourth-order valence-electron chi connectivity index (χ4n) is 2.52. The van der Waals surface area contributed by atoms with Gasteiger partial charge in [-0.3, -0.25) is 0 Å². The average Bonchev–Trinajstić information content (AvgIpc) is 2.63. The maximum atomic E-state index is 12.0. The Labute approximate surface area is 91.6 Å². The molecule has 0 spiro atoms. The molecule has 2 rings (SSSR count). The van der Waals surface area contributed by atoms with E-state index in [-0.39, 0.29) is 6.03 Å². The molecule has 0 saturated carbocycles. The smallest absolute Gasteiger partial charge is 0.320 e. The standard InChI is InChI=1S/C11H21N3O/c1-2-6-13-7-8-14(11(13)15)10-4-3-5-12-9-10/h10,12H,2-9H2,1H3. The minimum atomic E-state index is 0.255. The van der Waals surface area contributed by atoms with Crippen molar-refractivity contribution in [3.05, 3.63) is 0 Å². The van der Waals surface area contributed by atoms with Crippen LogP contribution in [0.3, 0.4) is 0 Å². The minimum Gasteiger partial charge on any atom is -0.323 e. The van der Waals surface area contributed by atoms with Gasteiger partial charge in [-0.25, -0.2) is 4.79 Å². The van der Waals surface area contributed by atoms with Crippen LogP contribution in [0.25, 0.3) is 0 Å². The molecule has 2 saturated heterocycles. The Balaban J connectivity index is 1.90. The van der Waals surface area contributed by atoms with E-state index in [1.165, 1.54) is 12.8 Å². The van der Waals surface area contributed by atoms with Crippen LogP contribution in [0.1, 0.15) is 26.2 Å². The van der Waals surface area contributed by atoms with Gasteiger partial charge < -0.3 is 15.1 Å². The van der Waals surface area contributed by atoms with Crippen LogP contribution in [0.2, 0.25) is 0 Å². The third-order valence-electron chi connectivity index (χ3n) is 3.33. The van der Waals surface area contributed by atoms with Crippen molar-refractivity contribution < 1.29 is 4.79 Å². The van der Waals surface area contributed by atoms with Crippen molar-refractivity contribution in [2.24, 2.45) is 0 Å². The highest BCUT2D eigenvalue weighted by atomic mass is 16.2. The predicted molar refractivity (Wildman–Crippen MR) is 59.9 cm³/mol. The zero-order valence-electron chi connectivity index (χ0n) is 9.54. The molecule has 1 unspecified atom stereocenters. The van der Waals surface area contributed by atoms with Crippen molar-refractivity contribution in [1.82, 2.24) is 15.1 Å². The Hall–Kier alpha value is -0.770. The average molecular weight is 211 g/mol. The number of piperidine rings is 1. The van der Waals surface area contributed by atoms with E-state index >= 15 is 0 Å². The molecule has 4 nitrogen and oxygen atoms in total. The Bertz CT molecular complexity index is 226. The van der Waals surface area contributed by atoms with E-state index in [0.717, 1.165) is 39.1 Å². The number of carbonyl (C=O) groups excluding carboxylic acids is 1. The van der Waals surface area contributed by atoms with Crippen molar-refractivity contribution in [2.75, 3.05) is 32.7 Å². The first-order valence-electron chi connectivity index (χ1n) is 6.09. The van der Waals surface area contributed by atoms with Crippen molar-refractivity contribution in [1.29, 1.82) is 0 Å². The second-order valence-electron chi connectivity index (χ2n) is 4.46. The van der Waals surface area contributed by atoms with E-state index in [1.54, 1.807) is 0 Å². The largest absolute Gasteiger partial charge is 0.323 e. The molecular weight excluding hydrogens is 190 g/mol. The molecular formula is C11H21N3O. The Kier molecular flexibility index (Phi) is 3.46. The molecule has 0 aromatic carbocycles. The maximum absolute atomic E-state index is 12.0. The quantitative estimate of drug-likeness (QED) is 0.752. The van der Waals surface area contributed by atoms with Crippen molar-refractivity contribution >= 4 is 6.03 Å². The first-order chi connectivity index (χ1) is 7.33. The van der Waals surface area contributed by atoms with Crippen LogP contribution in [0.5, 0.6) is 0 Å². The number of hydrogen-bond acceptors (Lipinski definition) is 2. The van der Waals surface area contributed by atoms with Crippen LogP contribution in [-0.2, 0) is 0 Å². The van der Waals surface area contributed by atoms with Gasteiger partial charge in [-0.2, -0.15) is 0 Å². The molecule has 0 aromatic rings. The predicted octanol–water partition coefficient (Wildman–Crippen LogP) is 0.886. The molecule has 0 radical (unpaired) electrons. The molecule has 2 amide bonds. The lowest BCUT2D eigenvalue weighted by Crippen LogP contribution is -2.47. The maximum Gasteiger partial charge on any atom is 0.320 e. The molecule has 0 bridgehead atoms. The van der Waals surface area contributed by atoms with Crippen molar-refractivity contribution in [3.63, 3.8) is 0 Å². The molecule has 4 heteroatoms. The number of hydrogen-bond donors (Lipinski definition) is 1. The summed E-state index contributed by atoms with van der Waals surface area (Å²) in [5, 5.41) is 3.37. The molecule has 2 aliphatic rings. The summed E-state index contributed by atoms with van der Waals surface area (Å²) in [6, 6.07) is 0.693. The number of amides is 2. The van der Waals surface area contributed by atoms with Crippen LogP contribution < -0.4 is 5.32 Å². The van der Waals surface area contributed by atoms with Crippen LogP contribution in [0.4, 0.5) is 4.79 Å². The van der Waals surface area contributed by atoms with Gasteiger partial charge in [-0.15, -0.1) is 0 Å². The number of carbonyl (C=O) groups is 1. The second kappa shape index (κ2) is 4.84. The highest BCUT2D eigenvalue weighted by Crippen LogP contribution is 2.17. The molecule has 1 atom stereocenters. The Morgan fingerprint density at radius 3 is 3.00 bits per heavy atom. The van der Waals surface area contributed by atoms with Crippen LogP contribution in [0.15, 0.2) is 0 Å². The molecule has 2 aliphatic heterocycles. The molecule has 15 heavy (non-hydrogen) atoms. The molecule has 2 heterocycles. The molecule has 1 N–H and O–H groups in total. The molecule has 0 aromatic heterocycles. The monoisotopic (exact) mass is 211 g/mol. The summed E-state index contributed by atoms with van der Waals surface area (Å²) in [5.74, 6) is 0. The van der Waals surface area contributed by atoms with Gasteiger partial charge in [0.15, 0.2) is 0 Å². The topological polar surface area (TPSA) is 35.6 Å². The summed E-state index contributed by atoms with van der Waals surface area (Å²) in [4.78, 5) is 16.1. The van der Waals surface area contributed by atoms with E-state index in [9.17, 15) is 4.79 Å². The number of nitrogens with one attached hydrogen (secondary N) is 1. The van der Waals surface area contributed by atoms with Crippen molar-refractivity contribution in [3.8, 4) is 0 Å². The van der Waals surface area contributed by atoms with Gasteiger partial charge in [0.2, 0.25) is 0 Å². The highest BCUT2D eigenvalue weighted by Gasteiger charge is 2.33. The third kappa shape index (κ3) is 2.25. The third-order valence-corrected chi connectivity index (χ3v) is 3.33. The van der Waals surface area contributed by atoms with E-state index in [0.29, 0.717) is 6.04 Å².